The SMILES string of the molecule is CNCC(=O)N[C@H](C)CC(=O)N1C(C(=O)O)=C(SC2CNC(C(=O)N3CC[C@H](N)C3)C2)[C@H](C)[C@H]1C. The molecular weight excluding hydrogens is 472 g/mol. The number of nitrogens with zero attached hydrogens (tertiary/aromatic N) is 2. The van der Waals surface area contributed by atoms with E-state index in [0.29, 0.717) is 31.0 Å². The number of likely N-dealkylation sites (tertiary alicyclic amines) is 1. The molecule has 0 aromatic heterocycles. The van der Waals surface area contributed by atoms with Crippen molar-refractivity contribution < 1.29 is 24.3 Å². The normalized spacial score (nSPS) is 29.6. The number of carbonyl (C=O) groups excluding carboxylic acids is 3. The Morgan fingerprint density at radius 2 is 2.00 bits per heavy atom. The third-order valence-electron chi connectivity index (χ3n) is 6.93. The van der Waals surface area contributed by atoms with Crippen LogP contribution in [0.4, 0.5) is 0 Å². The number of amides is 3. The van der Waals surface area contributed by atoms with Gasteiger partial charge in [-0.25, -0.2) is 4.79 Å². The maximum absolute atomic E-state index is 13.1. The molecule has 6 atom stereocenters. The molecule has 3 aliphatic heterocycles. The third kappa shape index (κ3) is 6.35. The predicted octanol–water partition coefficient (Wildman–Crippen LogP) is -0.713. The summed E-state index contributed by atoms with van der Waals surface area (Å²) in [5, 5.41) is 18.8. The van der Waals surface area contributed by atoms with Gasteiger partial charge in [-0.2, -0.15) is 0 Å². The molecule has 2 unspecified atom stereocenters. The van der Waals surface area contributed by atoms with Crippen molar-refractivity contribution in [1.29, 1.82) is 0 Å². The van der Waals surface area contributed by atoms with Crippen LogP contribution in [-0.2, 0) is 19.2 Å². The lowest BCUT2D eigenvalue weighted by Crippen LogP contribution is -2.44. The molecule has 0 aromatic rings. The van der Waals surface area contributed by atoms with Gasteiger partial charge in [-0.3, -0.25) is 14.4 Å². The monoisotopic (exact) mass is 510 g/mol. The molecule has 0 aromatic carbocycles. The lowest BCUT2D eigenvalue weighted by Gasteiger charge is -2.26. The minimum atomic E-state index is -1.14. The van der Waals surface area contributed by atoms with E-state index in [2.05, 4.69) is 16.0 Å². The first-order chi connectivity index (χ1) is 16.5. The van der Waals surface area contributed by atoms with Crippen molar-refractivity contribution >= 4 is 35.5 Å². The highest BCUT2D eigenvalue weighted by Gasteiger charge is 2.44. The highest BCUT2D eigenvalue weighted by atomic mass is 32.2. The quantitative estimate of drug-likeness (QED) is 0.270. The molecule has 35 heavy (non-hydrogen) atoms. The molecule has 3 amide bonds. The van der Waals surface area contributed by atoms with Crippen LogP contribution in [0, 0.1) is 5.92 Å². The molecule has 6 N–H and O–H groups in total. The van der Waals surface area contributed by atoms with Crippen molar-refractivity contribution in [2.24, 2.45) is 11.7 Å². The molecule has 0 aliphatic carbocycles. The zero-order chi connectivity index (χ0) is 25.9. The molecule has 196 valence electrons. The average Bonchev–Trinajstić information content (AvgIpc) is 3.48. The summed E-state index contributed by atoms with van der Waals surface area (Å²) in [5.74, 6) is -1.82. The van der Waals surface area contributed by atoms with Crippen molar-refractivity contribution in [1.82, 2.24) is 25.8 Å². The summed E-state index contributed by atoms with van der Waals surface area (Å²) >= 11 is 1.45. The number of thioether (sulfide) groups is 1. The molecule has 11 nitrogen and oxygen atoms in total. The summed E-state index contributed by atoms with van der Waals surface area (Å²) in [4.78, 5) is 53.9. The van der Waals surface area contributed by atoms with Crippen molar-refractivity contribution in [2.45, 2.75) is 69.5 Å². The molecule has 3 rings (SSSR count). The van der Waals surface area contributed by atoms with Gasteiger partial charge in [-0.15, -0.1) is 11.8 Å². The van der Waals surface area contributed by atoms with Crippen molar-refractivity contribution in [2.75, 3.05) is 33.2 Å². The maximum atomic E-state index is 13.1. The molecule has 2 fully saturated rings. The Morgan fingerprint density at radius 3 is 2.60 bits per heavy atom. The maximum Gasteiger partial charge on any atom is 0.353 e. The van der Waals surface area contributed by atoms with Crippen molar-refractivity contribution in [3.05, 3.63) is 10.6 Å². The van der Waals surface area contributed by atoms with Gasteiger partial charge in [-0.05, 0) is 33.7 Å². The van der Waals surface area contributed by atoms with Gasteiger partial charge in [0.25, 0.3) is 0 Å². The second kappa shape index (κ2) is 11.7. The highest BCUT2D eigenvalue weighted by molar-refractivity contribution is 8.03. The van der Waals surface area contributed by atoms with E-state index in [1.165, 1.54) is 16.7 Å². The molecule has 0 radical (unpaired) electrons. The van der Waals surface area contributed by atoms with E-state index < -0.39 is 12.0 Å². The molecule has 3 aliphatic rings. The number of nitrogens with two attached hydrogens (primary N) is 1. The molecule has 0 saturated carbocycles. The van der Waals surface area contributed by atoms with Crippen LogP contribution in [0.15, 0.2) is 10.6 Å². The molecular formula is C23H38N6O5S. The zero-order valence-corrected chi connectivity index (χ0v) is 21.7. The van der Waals surface area contributed by atoms with Crippen LogP contribution in [0.1, 0.15) is 40.0 Å². The summed E-state index contributed by atoms with van der Waals surface area (Å²) in [7, 11) is 1.66. The van der Waals surface area contributed by atoms with Gasteiger partial charge in [0.05, 0.1) is 12.6 Å². The molecule has 12 heteroatoms. The van der Waals surface area contributed by atoms with Gasteiger partial charge in [0.2, 0.25) is 17.7 Å². The second-order valence-corrected chi connectivity index (χ2v) is 11.1. The van der Waals surface area contributed by atoms with Gasteiger partial charge in [0.1, 0.15) is 5.70 Å². The van der Waals surface area contributed by atoms with Crippen molar-refractivity contribution in [3.63, 3.8) is 0 Å². The zero-order valence-electron chi connectivity index (χ0n) is 20.9. The number of aliphatic carboxylic acids is 1. The van der Waals surface area contributed by atoms with Crippen LogP contribution in [0.3, 0.4) is 0 Å². The summed E-state index contributed by atoms with van der Waals surface area (Å²) in [6.45, 7) is 7.47. The lowest BCUT2D eigenvalue weighted by molar-refractivity contribution is -0.140. The van der Waals surface area contributed by atoms with E-state index in [9.17, 15) is 24.3 Å². The highest BCUT2D eigenvalue weighted by Crippen LogP contribution is 2.44. The van der Waals surface area contributed by atoms with Gasteiger partial charge in [0, 0.05) is 60.3 Å². The molecule has 3 heterocycles. The third-order valence-corrected chi connectivity index (χ3v) is 8.45. The smallest absolute Gasteiger partial charge is 0.353 e. The minimum absolute atomic E-state index is 0.000766. The lowest BCUT2D eigenvalue weighted by atomic mass is 10.1. The number of rotatable bonds is 9. The largest absolute Gasteiger partial charge is 0.477 e. The summed E-state index contributed by atoms with van der Waals surface area (Å²) in [6, 6.07) is -1.03. The van der Waals surface area contributed by atoms with E-state index >= 15 is 0 Å². The number of nitrogens with one attached hydrogen (secondary N) is 3. The van der Waals surface area contributed by atoms with Crippen LogP contribution < -0.4 is 21.7 Å². The Labute approximate surface area is 210 Å². The Kier molecular flexibility index (Phi) is 9.19. The molecule has 0 bridgehead atoms. The fourth-order valence-electron chi connectivity index (χ4n) is 4.97. The molecule has 2 saturated heterocycles. The topological polar surface area (TPSA) is 157 Å². The first kappa shape index (κ1) is 27.4. The van der Waals surface area contributed by atoms with Gasteiger partial charge in [-0.1, -0.05) is 6.92 Å². The number of likely N-dealkylation sites (N-methyl/N-ethyl adjacent to an activating group) is 1. The van der Waals surface area contributed by atoms with Crippen LogP contribution in [0.2, 0.25) is 0 Å². The Bertz CT molecular complexity index is 882. The predicted molar refractivity (Wildman–Crippen MR) is 133 cm³/mol. The Balaban J connectivity index is 1.68. The van der Waals surface area contributed by atoms with Gasteiger partial charge < -0.3 is 36.6 Å². The van der Waals surface area contributed by atoms with Crippen LogP contribution in [-0.4, -0.2) is 101 Å². The number of hydrogen-bond donors (Lipinski definition) is 5. The van der Waals surface area contributed by atoms with Crippen molar-refractivity contribution in [3.8, 4) is 0 Å². The summed E-state index contributed by atoms with van der Waals surface area (Å²) in [5.41, 5.74) is 5.95. The first-order valence-electron chi connectivity index (χ1n) is 12.2. The van der Waals surface area contributed by atoms with Crippen LogP contribution >= 0.6 is 11.8 Å². The van der Waals surface area contributed by atoms with E-state index in [4.69, 9.17) is 5.73 Å². The first-order valence-corrected chi connectivity index (χ1v) is 13.1. The second-order valence-electron chi connectivity index (χ2n) is 9.78. The van der Waals surface area contributed by atoms with E-state index in [1.807, 2.05) is 13.8 Å². The average molecular weight is 511 g/mol. The van der Waals surface area contributed by atoms with E-state index in [1.54, 1.807) is 18.9 Å². The van der Waals surface area contributed by atoms with Crippen LogP contribution in [0.5, 0.6) is 0 Å². The number of carboxylic acid groups (broad SMARTS) is 1. The van der Waals surface area contributed by atoms with Crippen LogP contribution in [0.25, 0.3) is 0 Å². The standard InChI is InChI=1S/C23H38N6O5S/c1-12(27-18(30)10-25-4)7-19(31)29-14(3)13(2)21(20(29)23(33)34)35-16-8-17(26-9-16)22(32)28-6-5-15(24)11-28/h12-17,25-26H,5-11,24H2,1-4H3,(H,27,30)(H,33,34)/t12-,13-,14-,15+,16?,17?/m1/s1. The fraction of sp³-hybridized carbons (Fsp3) is 0.739. The van der Waals surface area contributed by atoms with E-state index in [0.717, 1.165) is 6.42 Å². The minimum Gasteiger partial charge on any atom is -0.477 e. The molecule has 0 spiro atoms. The summed E-state index contributed by atoms with van der Waals surface area (Å²) in [6.07, 6.45) is 1.40. The van der Waals surface area contributed by atoms with Gasteiger partial charge >= 0.3 is 5.97 Å². The number of carbonyl (C=O) groups is 4. The van der Waals surface area contributed by atoms with Gasteiger partial charge in [0.15, 0.2) is 0 Å². The number of hydrogen-bond acceptors (Lipinski definition) is 8. The van der Waals surface area contributed by atoms with E-state index in [-0.39, 0.29) is 65.7 Å². The summed E-state index contributed by atoms with van der Waals surface area (Å²) < 4.78 is 0. The fourth-order valence-corrected chi connectivity index (χ4v) is 6.51. The Hall–Kier alpha value is -2.15. The Morgan fingerprint density at radius 1 is 1.29 bits per heavy atom. The number of carboxylic acids is 1.